The molecule has 2 bridgehead atoms. The first-order valence-electron chi connectivity index (χ1n) is 9.35. The molecule has 0 aliphatic carbocycles. The van der Waals surface area contributed by atoms with Gasteiger partial charge in [-0.15, -0.1) is 0 Å². The third-order valence-corrected chi connectivity index (χ3v) is 5.91. The second-order valence-electron chi connectivity index (χ2n) is 8.07. The molecule has 1 N–H and O–H groups in total. The van der Waals surface area contributed by atoms with Gasteiger partial charge >= 0.3 is 0 Å². The summed E-state index contributed by atoms with van der Waals surface area (Å²) < 4.78 is 3.29. The molecule has 2 aliphatic heterocycles. The predicted molar refractivity (Wildman–Crippen MR) is 97.7 cm³/mol. The molecule has 2 aliphatic rings. The van der Waals surface area contributed by atoms with E-state index in [1.165, 1.54) is 16.3 Å². The van der Waals surface area contributed by atoms with Gasteiger partial charge in [0.05, 0.1) is 23.5 Å². The second kappa shape index (κ2) is 6.32. The minimum atomic E-state index is -0.864. The zero-order valence-electron chi connectivity index (χ0n) is 15.7. The maximum atomic E-state index is 12.1. The molecule has 140 valence electrons. The Hall–Kier alpha value is -1.99. The van der Waals surface area contributed by atoms with Crippen molar-refractivity contribution >= 4 is 0 Å². The molecular formula is C19H27N5O2. The summed E-state index contributed by atoms with van der Waals surface area (Å²) in [7, 11) is 1.95. The molecule has 2 atom stereocenters. The largest absolute Gasteiger partial charge is 0.388 e. The van der Waals surface area contributed by atoms with Crippen molar-refractivity contribution in [2.75, 3.05) is 0 Å². The summed E-state index contributed by atoms with van der Waals surface area (Å²) in [6.45, 7) is 5.07. The van der Waals surface area contributed by atoms with Gasteiger partial charge in [-0.1, -0.05) is 0 Å². The van der Waals surface area contributed by atoms with Crippen LogP contribution < -0.4 is 5.56 Å². The summed E-state index contributed by atoms with van der Waals surface area (Å²) in [5, 5.41) is 20.0. The molecule has 2 fully saturated rings. The number of piperidine rings is 1. The molecule has 0 spiro atoms. The third-order valence-electron chi connectivity index (χ3n) is 5.91. The molecule has 2 aromatic heterocycles. The van der Waals surface area contributed by atoms with Crippen molar-refractivity contribution in [3.63, 3.8) is 0 Å². The first-order valence-corrected chi connectivity index (χ1v) is 9.35. The highest BCUT2D eigenvalue weighted by Gasteiger charge is 2.47. The Kier molecular flexibility index (Phi) is 4.23. The molecule has 4 rings (SSSR count). The van der Waals surface area contributed by atoms with Crippen LogP contribution in [0.2, 0.25) is 0 Å². The van der Waals surface area contributed by atoms with Crippen LogP contribution in [0.15, 0.2) is 23.1 Å². The lowest BCUT2D eigenvalue weighted by molar-refractivity contribution is -0.0678. The summed E-state index contributed by atoms with van der Waals surface area (Å²) in [6, 6.07) is 3.93. The summed E-state index contributed by atoms with van der Waals surface area (Å²) in [5.41, 5.74) is 2.11. The van der Waals surface area contributed by atoms with E-state index in [1.54, 1.807) is 6.07 Å². The molecule has 26 heavy (non-hydrogen) atoms. The van der Waals surface area contributed by atoms with Gasteiger partial charge in [0.25, 0.3) is 5.56 Å². The van der Waals surface area contributed by atoms with Crippen molar-refractivity contribution in [2.24, 2.45) is 7.05 Å². The Balaban J connectivity index is 1.51. The normalized spacial score (nSPS) is 28.6. The summed E-state index contributed by atoms with van der Waals surface area (Å²) in [6.07, 6.45) is 5.66. The van der Waals surface area contributed by atoms with Crippen LogP contribution >= 0.6 is 0 Å². The van der Waals surface area contributed by atoms with E-state index in [9.17, 15) is 9.90 Å². The minimum Gasteiger partial charge on any atom is -0.388 e. The Morgan fingerprint density at radius 1 is 1.19 bits per heavy atom. The van der Waals surface area contributed by atoms with E-state index in [0.717, 1.165) is 30.8 Å². The van der Waals surface area contributed by atoms with Gasteiger partial charge in [-0.2, -0.15) is 10.2 Å². The Morgan fingerprint density at radius 3 is 2.50 bits per heavy atom. The van der Waals surface area contributed by atoms with Gasteiger partial charge in [0.2, 0.25) is 0 Å². The molecule has 0 amide bonds. The average molecular weight is 357 g/mol. The number of hydrogen-bond donors (Lipinski definition) is 1. The SMILES string of the molecule is Cc1ccc(=O)n(CC2(O)C[C@@H]3CC[C@@H](C2)N3Cc2cn(C)nc2C)n1. The lowest BCUT2D eigenvalue weighted by Crippen LogP contribution is -2.53. The molecule has 4 heterocycles. The molecule has 0 radical (unpaired) electrons. The second-order valence-corrected chi connectivity index (χ2v) is 8.07. The van der Waals surface area contributed by atoms with E-state index in [0.29, 0.717) is 24.9 Å². The van der Waals surface area contributed by atoms with Crippen LogP contribution in [0.25, 0.3) is 0 Å². The van der Waals surface area contributed by atoms with E-state index in [-0.39, 0.29) is 12.1 Å². The van der Waals surface area contributed by atoms with Crippen molar-refractivity contribution in [3.05, 3.63) is 45.6 Å². The quantitative estimate of drug-likeness (QED) is 0.888. The number of nitrogens with zero attached hydrogens (tertiary/aromatic N) is 5. The monoisotopic (exact) mass is 357 g/mol. The molecule has 0 unspecified atom stereocenters. The highest BCUT2D eigenvalue weighted by molar-refractivity contribution is 5.17. The van der Waals surface area contributed by atoms with Crippen molar-refractivity contribution in [3.8, 4) is 0 Å². The number of aliphatic hydroxyl groups is 1. The van der Waals surface area contributed by atoms with E-state index in [4.69, 9.17) is 0 Å². The van der Waals surface area contributed by atoms with Gasteiger partial charge < -0.3 is 5.11 Å². The topological polar surface area (TPSA) is 76.2 Å². The smallest absolute Gasteiger partial charge is 0.266 e. The first-order chi connectivity index (χ1) is 12.3. The molecule has 0 saturated carbocycles. The molecule has 2 saturated heterocycles. The molecule has 2 aromatic rings. The minimum absolute atomic E-state index is 0.148. The summed E-state index contributed by atoms with van der Waals surface area (Å²) in [4.78, 5) is 14.6. The van der Waals surface area contributed by atoms with E-state index in [1.807, 2.05) is 25.6 Å². The molecule has 0 aromatic carbocycles. The number of aromatic nitrogens is 4. The summed E-state index contributed by atoms with van der Waals surface area (Å²) >= 11 is 0. The highest BCUT2D eigenvalue weighted by atomic mass is 16.3. The zero-order chi connectivity index (χ0) is 18.5. The van der Waals surface area contributed by atoms with Gasteiger partial charge in [-0.05, 0) is 45.6 Å². The van der Waals surface area contributed by atoms with Crippen molar-refractivity contribution in [1.29, 1.82) is 0 Å². The van der Waals surface area contributed by atoms with Crippen LogP contribution in [-0.4, -0.2) is 47.3 Å². The van der Waals surface area contributed by atoms with Crippen molar-refractivity contribution in [2.45, 2.75) is 70.3 Å². The average Bonchev–Trinajstić information content (AvgIpc) is 3.00. The lowest BCUT2D eigenvalue weighted by Gasteiger charge is -2.43. The van der Waals surface area contributed by atoms with Crippen LogP contribution in [-0.2, 0) is 20.1 Å². The van der Waals surface area contributed by atoms with Crippen LogP contribution in [0.5, 0.6) is 0 Å². The molecular weight excluding hydrogens is 330 g/mol. The number of hydrogen-bond acceptors (Lipinski definition) is 5. The fourth-order valence-electron chi connectivity index (χ4n) is 4.74. The molecule has 7 nitrogen and oxygen atoms in total. The first kappa shape index (κ1) is 17.4. The van der Waals surface area contributed by atoms with Crippen LogP contribution in [0.1, 0.15) is 42.6 Å². The number of aryl methyl sites for hydroxylation is 3. The lowest BCUT2D eigenvalue weighted by atomic mass is 9.85. The van der Waals surface area contributed by atoms with Crippen molar-refractivity contribution in [1.82, 2.24) is 24.5 Å². The predicted octanol–water partition coefficient (Wildman–Crippen LogP) is 1.15. The van der Waals surface area contributed by atoms with Gasteiger partial charge in [0.15, 0.2) is 0 Å². The van der Waals surface area contributed by atoms with Crippen LogP contribution in [0.4, 0.5) is 0 Å². The third kappa shape index (κ3) is 3.21. The van der Waals surface area contributed by atoms with Gasteiger partial charge in [-0.25, -0.2) is 4.68 Å². The zero-order valence-corrected chi connectivity index (χ0v) is 15.7. The fraction of sp³-hybridized carbons (Fsp3) is 0.632. The van der Waals surface area contributed by atoms with E-state index in [2.05, 4.69) is 21.3 Å². The number of fused-ring (bicyclic) bond motifs is 2. The fourth-order valence-corrected chi connectivity index (χ4v) is 4.74. The Bertz CT molecular complexity index is 857. The van der Waals surface area contributed by atoms with Gasteiger partial charge in [0.1, 0.15) is 0 Å². The maximum Gasteiger partial charge on any atom is 0.266 e. The van der Waals surface area contributed by atoms with E-state index < -0.39 is 5.60 Å². The standard InChI is InChI=1S/C19H27N5O2/c1-13-4-7-18(25)24(20-13)12-19(26)8-16-5-6-17(9-19)23(16)11-15-10-22(3)21-14(15)2/h4,7,10,16-17,26H,5-6,8-9,11-12H2,1-3H3/t16-,17-/m0/s1. The molecule has 7 heteroatoms. The number of rotatable bonds is 4. The van der Waals surface area contributed by atoms with Gasteiger partial charge in [-0.3, -0.25) is 14.4 Å². The highest BCUT2D eigenvalue weighted by Crippen LogP contribution is 2.42. The van der Waals surface area contributed by atoms with Gasteiger partial charge in [0, 0.05) is 43.5 Å². The maximum absolute atomic E-state index is 12.1. The Labute approximate surface area is 153 Å². The van der Waals surface area contributed by atoms with E-state index >= 15 is 0 Å². The van der Waals surface area contributed by atoms with Crippen LogP contribution in [0, 0.1) is 13.8 Å². The van der Waals surface area contributed by atoms with Crippen molar-refractivity contribution < 1.29 is 5.11 Å². The summed E-state index contributed by atoms with van der Waals surface area (Å²) in [5.74, 6) is 0. The Morgan fingerprint density at radius 2 is 1.88 bits per heavy atom. The van der Waals surface area contributed by atoms with Crippen LogP contribution in [0.3, 0.4) is 0 Å².